The predicted octanol–water partition coefficient (Wildman–Crippen LogP) is 1.36. The second kappa shape index (κ2) is 7.18. The van der Waals surface area contributed by atoms with Gasteiger partial charge in [0.2, 0.25) is 0 Å². The Morgan fingerprint density at radius 3 is 2.65 bits per heavy atom. The minimum Gasteiger partial charge on any atom is -0.375 e. The molecular formula is C15H30N2O3. The molecular weight excluding hydrogens is 256 g/mol. The zero-order chi connectivity index (χ0) is 14.6. The second-order valence-electron chi connectivity index (χ2n) is 6.26. The first-order valence-corrected chi connectivity index (χ1v) is 7.78. The van der Waals surface area contributed by atoms with Crippen LogP contribution in [-0.4, -0.2) is 62.8 Å². The van der Waals surface area contributed by atoms with E-state index in [9.17, 15) is 0 Å². The first-order valence-electron chi connectivity index (χ1n) is 7.78. The summed E-state index contributed by atoms with van der Waals surface area (Å²) in [5, 5.41) is 0. The van der Waals surface area contributed by atoms with Crippen molar-refractivity contribution in [1.82, 2.24) is 4.90 Å². The smallest absolute Gasteiger partial charge is 0.158 e. The number of fused-ring (bicyclic) bond motifs is 1. The zero-order valence-electron chi connectivity index (χ0n) is 13.1. The number of nitrogens with two attached hydrogens (primary N) is 1. The Morgan fingerprint density at radius 1 is 1.30 bits per heavy atom. The third-order valence-electron chi connectivity index (χ3n) is 5.00. The van der Waals surface area contributed by atoms with Crippen molar-refractivity contribution in [2.75, 3.05) is 33.9 Å². The van der Waals surface area contributed by atoms with Crippen LogP contribution in [0.3, 0.4) is 0 Å². The van der Waals surface area contributed by atoms with Crippen LogP contribution in [0.4, 0.5) is 0 Å². The van der Waals surface area contributed by atoms with Gasteiger partial charge >= 0.3 is 0 Å². The standard InChI is InChI=1S/C15H30N2O3/c1-15(11-16,10-14(18-2)19-3)17-8-9-20-13-7-5-4-6-12(13)17/h12-14H,4-11,16H2,1-3H3. The number of nitrogens with zero attached hydrogens (tertiary/aromatic N) is 1. The first kappa shape index (κ1) is 16.2. The molecule has 5 heteroatoms. The molecule has 0 spiro atoms. The average Bonchev–Trinajstić information content (AvgIpc) is 2.51. The van der Waals surface area contributed by atoms with E-state index in [0.717, 1.165) is 19.6 Å². The van der Waals surface area contributed by atoms with E-state index >= 15 is 0 Å². The van der Waals surface area contributed by atoms with Crippen LogP contribution in [0.1, 0.15) is 39.0 Å². The van der Waals surface area contributed by atoms with Crippen molar-refractivity contribution in [3.05, 3.63) is 0 Å². The van der Waals surface area contributed by atoms with E-state index in [4.69, 9.17) is 19.9 Å². The fraction of sp³-hybridized carbons (Fsp3) is 1.00. The van der Waals surface area contributed by atoms with Crippen molar-refractivity contribution < 1.29 is 14.2 Å². The molecule has 1 heterocycles. The van der Waals surface area contributed by atoms with Gasteiger partial charge in [-0.15, -0.1) is 0 Å². The van der Waals surface area contributed by atoms with E-state index in [0.29, 0.717) is 18.7 Å². The van der Waals surface area contributed by atoms with Gasteiger partial charge in [-0.05, 0) is 19.8 Å². The number of rotatable bonds is 6. The highest BCUT2D eigenvalue weighted by molar-refractivity contribution is 4.97. The molecule has 0 bridgehead atoms. The lowest BCUT2D eigenvalue weighted by Gasteiger charge is -2.52. The Kier molecular flexibility index (Phi) is 5.81. The fourth-order valence-electron chi connectivity index (χ4n) is 3.71. The van der Waals surface area contributed by atoms with Gasteiger partial charge in [0, 0.05) is 45.3 Å². The molecule has 3 atom stereocenters. The van der Waals surface area contributed by atoms with Crippen LogP contribution in [0.5, 0.6) is 0 Å². The van der Waals surface area contributed by atoms with Crippen molar-refractivity contribution in [2.24, 2.45) is 5.73 Å². The fourth-order valence-corrected chi connectivity index (χ4v) is 3.71. The number of hydrogen-bond acceptors (Lipinski definition) is 5. The van der Waals surface area contributed by atoms with Crippen molar-refractivity contribution >= 4 is 0 Å². The van der Waals surface area contributed by atoms with Gasteiger partial charge in [-0.2, -0.15) is 0 Å². The summed E-state index contributed by atoms with van der Waals surface area (Å²) in [6.07, 6.45) is 5.94. The molecule has 2 aliphatic rings. The molecule has 1 aliphatic heterocycles. The van der Waals surface area contributed by atoms with Gasteiger partial charge in [0.1, 0.15) is 0 Å². The monoisotopic (exact) mass is 286 g/mol. The Balaban J connectivity index is 2.11. The molecule has 1 aliphatic carbocycles. The molecule has 2 fully saturated rings. The summed E-state index contributed by atoms with van der Waals surface area (Å²) in [6.45, 7) is 4.60. The molecule has 0 radical (unpaired) electrons. The molecule has 118 valence electrons. The largest absolute Gasteiger partial charge is 0.375 e. The van der Waals surface area contributed by atoms with Gasteiger partial charge in [-0.1, -0.05) is 12.8 Å². The molecule has 2 rings (SSSR count). The van der Waals surface area contributed by atoms with Crippen LogP contribution in [0, 0.1) is 0 Å². The van der Waals surface area contributed by atoms with Gasteiger partial charge in [0.05, 0.1) is 12.7 Å². The summed E-state index contributed by atoms with van der Waals surface area (Å²) < 4.78 is 16.7. The maximum Gasteiger partial charge on any atom is 0.158 e. The Hall–Kier alpha value is -0.200. The minimum absolute atomic E-state index is 0.0965. The predicted molar refractivity (Wildman–Crippen MR) is 78.6 cm³/mol. The molecule has 20 heavy (non-hydrogen) atoms. The molecule has 0 aromatic heterocycles. The van der Waals surface area contributed by atoms with E-state index in [1.54, 1.807) is 14.2 Å². The Labute approximate surface area is 122 Å². The molecule has 0 aromatic rings. The van der Waals surface area contributed by atoms with E-state index in [2.05, 4.69) is 11.8 Å². The molecule has 1 saturated carbocycles. The summed E-state index contributed by atoms with van der Waals surface area (Å²) >= 11 is 0. The number of ether oxygens (including phenoxy) is 3. The molecule has 0 aromatic carbocycles. The van der Waals surface area contributed by atoms with Gasteiger partial charge in [-0.3, -0.25) is 4.90 Å². The molecule has 0 amide bonds. The number of methoxy groups -OCH3 is 2. The summed E-state index contributed by atoms with van der Waals surface area (Å²) in [5.74, 6) is 0. The minimum atomic E-state index is -0.201. The highest BCUT2D eigenvalue weighted by Crippen LogP contribution is 2.34. The molecule has 3 unspecified atom stereocenters. The molecule has 5 nitrogen and oxygen atoms in total. The Bertz CT molecular complexity index is 297. The normalized spacial score (nSPS) is 31.1. The SMILES string of the molecule is COC(CC(C)(CN)N1CCOC2CCCCC21)OC. The highest BCUT2D eigenvalue weighted by Gasteiger charge is 2.43. The average molecular weight is 286 g/mol. The van der Waals surface area contributed by atoms with Crippen molar-refractivity contribution in [2.45, 2.75) is 63.0 Å². The highest BCUT2D eigenvalue weighted by atomic mass is 16.7. The van der Waals surface area contributed by atoms with Crippen molar-refractivity contribution in [3.8, 4) is 0 Å². The molecule has 1 saturated heterocycles. The van der Waals surface area contributed by atoms with Gasteiger partial charge in [-0.25, -0.2) is 0 Å². The van der Waals surface area contributed by atoms with Gasteiger partial charge in [0.25, 0.3) is 0 Å². The first-order chi connectivity index (χ1) is 9.64. The van der Waals surface area contributed by atoms with Crippen molar-refractivity contribution in [1.29, 1.82) is 0 Å². The van der Waals surface area contributed by atoms with E-state index in [-0.39, 0.29) is 11.8 Å². The quantitative estimate of drug-likeness (QED) is 0.747. The lowest BCUT2D eigenvalue weighted by molar-refractivity contribution is -0.160. The van der Waals surface area contributed by atoms with Gasteiger partial charge < -0.3 is 19.9 Å². The number of morpholine rings is 1. The Morgan fingerprint density at radius 2 is 2.00 bits per heavy atom. The maximum atomic E-state index is 6.12. The van der Waals surface area contributed by atoms with E-state index in [1.807, 2.05) is 0 Å². The van der Waals surface area contributed by atoms with Crippen molar-refractivity contribution in [3.63, 3.8) is 0 Å². The lowest BCUT2D eigenvalue weighted by Crippen LogP contribution is -2.64. The van der Waals surface area contributed by atoms with E-state index in [1.165, 1.54) is 25.7 Å². The second-order valence-corrected chi connectivity index (χ2v) is 6.26. The third-order valence-corrected chi connectivity index (χ3v) is 5.00. The molecule has 2 N–H and O–H groups in total. The van der Waals surface area contributed by atoms with Crippen LogP contribution in [0.2, 0.25) is 0 Å². The van der Waals surface area contributed by atoms with Crippen LogP contribution in [0.15, 0.2) is 0 Å². The lowest BCUT2D eigenvalue weighted by atomic mass is 9.84. The summed E-state index contributed by atoms with van der Waals surface area (Å²) in [5.41, 5.74) is 6.03. The van der Waals surface area contributed by atoms with E-state index < -0.39 is 0 Å². The maximum absolute atomic E-state index is 6.12. The summed E-state index contributed by atoms with van der Waals surface area (Å²) in [7, 11) is 3.38. The topological polar surface area (TPSA) is 57.0 Å². The van der Waals surface area contributed by atoms with Crippen LogP contribution in [0.25, 0.3) is 0 Å². The van der Waals surface area contributed by atoms with Crippen LogP contribution in [-0.2, 0) is 14.2 Å². The zero-order valence-corrected chi connectivity index (χ0v) is 13.1. The summed E-state index contributed by atoms with van der Waals surface area (Å²) in [6, 6.07) is 0.500. The summed E-state index contributed by atoms with van der Waals surface area (Å²) in [4.78, 5) is 2.56. The third kappa shape index (κ3) is 3.34. The van der Waals surface area contributed by atoms with Gasteiger partial charge in [0.15, 0.2) is 6.29 Å². The van der Waals surface area contributed by atoms with Crippen LogP contribution < -0.4 is 5.73 Å². The number of hydrogen-bond donors (Lipinski definition) is 1. The van der Waals surface area contributed by atoms with Crippen LogP contribution >= 0.6 is 0 Å².